The zero-order chi connectivity index (χ0) is 14.4. The van der Waals surface area contributed by atoms with Gasteiger partial charge in [0.1, 0.15) is 0 Å². The topological polar surface area (TPSA) is 76.2 Å². The van der Waals surface area contributed by atoms with Gasteiger partial charge in [0.15, 0.2) is 0 Å². The highest BCUT2D eigenvalue weighted by molar-refractivity contribution is 5.78. The Bertz CT molecular complexity index is 401. The highest BCUT2D eigenvalue weighted by Gasteiger charge is 2.25. The molecule has 1 aromatic rings. The van der Waals surface area contributed by atoms with Crippen molar-refractivity contribution < 1.29 is 4.79 Å². The Morgan fingerprint density at radius 3 is 2.68 bits per heavy atom. The van der Waals surface area contributed by atoms with Crippen LogP contribution in [-0.2, 0) is 11.8 Å². The van der Waals surface area contributed by atoms with Crippen molar-refractivity contribution in [3.63, 3.8) is 0 Å². The average Bonchev–Trinajstić information content (AvgIpc) is 2.74. The number of hydrogen-bond donors (Lipinski definition) is 2. The first-order chi connectivity index (χ1) is 8.99. The van der Waals surface area contributed by atoms with Crippen LogP contribution in [0.3, 0.4) is 0 Å². The molecule has 0 aliphatic carbocycles. The van der Waals surface area contributed by atoms with Crippen LogP contribution in [0.5, 0.6) is 0 Å². The highest BCUT2D eigenvalue weighted by Crippen LogP contribution is 2.22. The quantitative estimate of drug-likeness (QED) is 0.743. The molecule has 2 unspecified atom stereocenters. The number of aromatic nitrogens is 2. The molecule has 0 fully saturated rings. The predicted octanol–water partition coefficient (Wildman–Crippen LogP) is 0.266. The number of nitrogens with one attached hydrogen (secondary N) is 1. The molecule has 6 nitrogen and oxygen atoms in total. The van der Waals surface area contributed by atoms with Crippen molar-refractivity contribution in [1.82, 2.24) is 20.0 Å². The predicted molar refractivity (Wildman–Crippen MR) is 75.5 cm³/mol. The van der Waals surface area contributed by atoms with E-state index in [0.29, 0.717) is 13.1 Å². The molecule has 1 amide bonds. The van der Waals surface area contributed by atoms with Gasteiger partial charge in [-0.15, -0.1) is 0 Å². The lowest BCUT2D eigenvalue weighted by Crippen LogP contribution is -2.44. The second-order valence-corrected chi connectivity index (χ2v) is 4.77. The first-order valence-corrected chi connectivity index (χ1v) is 6.74. The van der Waals surface area contributed by atoms with E-state index in [4.69, 9.17) is 5.73 Å². The Kier molecular flexibility index (Phi) is 5.98. The van der Waals surface area contributed by atoms with Crippen LogP contribution in [-0.4, -0.2) is 46.3 Å². The number of nitrogens with two attached hydrogens (primary N) is 1. The van der Waals surface area contributed by atoms with Crippen molar-refractivity contribution in [2.24, 2.45) is 12.8 Å². The summed E-state index contributed by atoms with van der Waals surface area (Å²) in [4.78, 5) is 13.8. The fourth-order valence-electron chi connectivity index (χ4n) is 2.28. The third kappa shape index (κ3) is 4.33. The van der Waals surface area contributed by atoms with Gasteiger partial charge in [-0.3, -0.25) is 14.4 Å². The van der Waals surface area contributed by atoms with Crippen molar-refractivity contribution in [2.75, 3.05) is 19.6 Å². The van der Waals surface area contributed by atoms with E-state index in [1.165, 1.54) is 0 Å². The summed E-state index contributed by atoms with van der Waals surface area (Å²) >= 11 is 0. The summed E-state index contributed by atoms with van der Waals surface area (Å²) in [6.45, 7) is 7.66. The molecule has 2 atom stereocenters. The number of nitrogens with zero attached hydrogens (tertiary/aromatic N) is 3. The van der Waals surface area contributed by atoms with Crippen LogP contribution in [0.1, 0.15) is 32.4 Å². The molecule has 0 saturated carbocycles. The van der Waals surface area contributed by atoms with E-state index < -0.39 is 0 Å². The minimum Gasteiger partial charge on any atom is -0.355 e. The molecular weight excluding hydrogens is 242 g/mol. The summed E-state index contributed by atoms with van der Waals surface area (Å²) in [5.74, 6) is 0.0268. The van der Waals surface area contributed by atoms with E-state index in [9.17, 15) is 4.79 Å². The Morgan fingerprint density at radius 1 is 1.58 bits per heavy atom. The summed E-state index contributed by atoms with van der Waals surface area (Å²) in [6.07, 6.45) is 3.77. The van der Waals surface area contributed by atoms with Crippen molar-refractivity contribution in [3.05, 3.63) is 18.0 Å². The Labute approximate surface area is 114 Å². The molecule has 1 rings (SSSR count). The summed E-state index contributed by atoms with van der Waals surface area (Å²) in [5, 5.41) is 7.00. The lowest BCUT2D eigenvalue weighted by molar-refractivity contribution is -0.122. The average molecular weight is 267 g/mol. The van der Waals surface area contributed by atoms with Crippen LogP contribution < -0.4 is 11.1 Å². The molecular formula is C13H25N5O. The van der Waals surface area contributed by atoms with Gasteiger partial charge in [-0.1, -0.05) is 6.92 Å². The molecule has 0 spiro atoms. The number of hydrogen-bond acceptors (Lipinski definition) is 4. The first kappa shape index (κ1) is 15.7. The smallest absolute Gasteiger partial charge is 0.234 e. The van der Waals surface area contributed by atoms with E-state index >= 15 is 0 Å². The zero-order valence-electron chi connectivity index (χ0n) is 12.3. The van der Waals surface area contributed by atoms with Gasteiger partial charge in [-0.2, -0.15) is 5.10 Å². The third-order valence-corrected chi connectivity index (χ3v) is 3.08. The Morgan fingerprint density at radius 2 is 2.26 bits per heavy atom. The van der Waals surface area contributed by atoms with Crippen LogP contribution in [0.4, 0.5) is 0 Å². The van der Waals surface area contributed by atoms with Crippen molar-refractivity contribution >= 4 is 5.91 Å². The summed E-state index contributed by atoms with van der Waals surface area (Å²) in [6, 6.07) is -0.0696. The fraction of sp³-hybridized carbons (Fsp3) is 0.692. The number of carbonyl (C=O) groups excluding carboxylic acids is 1. The molecule has 6 heteroatoms. The van der Waals surface area contributed by atoms with Crippen LogP contribution in [0.25, 0.3) is 0 Å². The van der Waals surface area contributed by atoms with E-state index in [2.05, 4.69) is 15.3 Å². The maximum atomic E-state index is 11.8. The maximum absolute atomic E-state index is 11.8. The Hall–Kier alpha value is -1.40. The van der Waals surface area contributed by atoms with Gasteiger partial charge >= 0.3 is 0 Å². The summed E-state index contributed by atoms with van der Waals surface area (Å²) in [5.41, 5.74) is 7.14. The van der Waals surface area contributed by atoms with E-state index in [1.807, 2.05) is 40.2 Å². The van der Waals surface area contributed by atoms with Crippen LogP contribution >= 0.6 is 0 Å². The van der Waals surface area contributed by atoms with Crippen LogP contribution in [0.2, 0.25) is 0 Å². The van der Waals surface area contributed by atoms with Gasteiger partial charge in [0.05, 0.1) is 18.8 Å². The standard InChI is InChI=1S/C13H25N5O/c1-5-15-12(19)9-18(6-2)13(10(3)14)11-7-16-17(4)8-11/h7-8,10,13H,5-6,9,14H2,1-4H3,(H,15,19). The molecule has 1 aromatic heterocycles. The largest absolute Gasteiger partial charge is 0.355 e. The monoisotopic (exact) mass is 267 g/mol. The number of likely N-dealkylation sites (N-methyl/N-ethyl adjacent to an activating group) is 2. The molecule has 0 bridgehead atoms. The number of aryl methyl sites for hydroxylation is 1. The lowest BCUT2D eigenvalue weighted by Gasteiger charge is -2.32. The van der Waals surface area contributed by atoms with Crippen LogP contribution in [0, 0.1) is 0 Å². The summed E-state index contributed by atoms with van der Waals surface area (Å²) < 4.78 is 1.75. The molecule has 108 valence electrons. The lowest BCUT2D eigenvalue weighted by atomic mass is 10.0. The number of carbonyl (C=O) groups is 1. The first-order valence-electron chi connectivity index (χ1n) is 6.74. The Balaban J connectivity index is 2.86. The van der Waals surface area contributed by atoms with E-state index in [1.54, 1.807) is 4.68 Å². The van der Waals surface area contributed by atoms with Gasteiger partial charge in [0.25, 0.3) is 0 Å². The molecule has 0 saturated heterocycles. The third-order valence-electron chi connectivity index (χ3n) is 3.08. The van der Waals surface area contributed by atoms with Crippen molar-refractivity contribution in [2.45, 2.75) is 32.9 Å². The highest BCUT2D eigenvalue weighted by atomic mass is 16.2. The van der Waals surface area contributed by atoms with Gasteiger partial charge < -0.3 is 11.1 Å². The molecule has 1 heterocycles. The fourth-order valence-corrected chi connectivity index (χ4v) is 2.28. The number of rotatable bonds is 7. The zero-order valence-corrected chi connectivity index (χ0v) is 12.3. The summed E-state index contributed by atoms with van der Waals surface area (Å²) in [7, 11) is 1.88. The SMILES string of the molecule is CCNC(=O)CN(CC)C(c1cnn(C)c1)C(C)N. The molecule has 0 aromatic carbocycles. The van der Waals surface area contributed by atoms with E-state index in [0.717, 1.165) is 12.1 Å². The molecule has 0 radical (unpaired) electrons. The van der Waals surface area contributed by atoms with Gasteiger partial charge in [0.2, 0.25) is 5.91 Å². The minimum absolute atomic E-state index is 0.00121. The van der Waals surface area contributed by atoms with Crippen molar-refractivity contribution in [3.8, 4) is 0 Å². The van der Waals surface area contributed by atoms with Crippen molar-refractivity contribution in [1.29, 1.82) is 0 Å². The van der Waals surface area contributed by atoms with Gasteiger partial charge in [-0.25, -0.2) is 0 Å². The van der Waals surface area contributed by atoms with Crippen LogP contribution in [0.15, 0.2) is 12.4 Å². The molecule has 0 aliphatic heterocycles. The molecule has 19 heavy (non-hydrogen) atoms. The van der Waals surface area contributed by atoms with E-state index in [-0.39, 0.29) is 18.0 Å². The second kappa shape index (κ2) is 7.25. The maximum Gasteiger partial charge on any atom is 0.234 e. The minimum atomic E-state index is -0.0708. The van der Waals surface area contributed by atoms with Gasteiger partial charge in [-0.05, 0) is 20.4 Å². The van der Waals surface area contributed by atoms with Gasteiger partial charge in [0, 0.05) is 31.4 Å². The number of amides is 1. The normalized spacial score (nSPS) is 14.4. The second-order valence-electron chi connectivity index (χ2n) is 4.77. The molecule has 3 N–H and O–H groups in total. The molecule has 0 aliphatic rings.